The third kappa shape index (κ3) is 5.79. The molecule has 13 heteroatoms. The molecule has 190 valence electrons. The van der Waals surface area contributed by atoms with Crippen LogP contribution >= 0.6 is 0 Å². The van der Waals surface area contributed by atoms with Crippen LogP contribution in [0.15, 0.2) is 76.5 Å². The summed E-state index contributed by atoms with van der Waals surface area (Å²) in [5.74, 6) is -5.16. The summed E-state index contributed by atoms with van der Waals surface area (Å²) in [6, 6.07) is 8.87. The van der Waals surface area contributed by atoms with Gasteiger partial charge < -0.3 is 14.9 Å². The van der Waals surface area contributed by atoms with Crippen LogP contribution in [0.25, 0.3) is 6.08 Å². The van der Waals surface area contributed by atoms with Crippen LogP contribution in [0.2, 0.25) is 0 Å². The van der Waals surface area contributed by atoms with Crippen LogP contribution < -0.4 is 9.84 Å². The van der Waals surface area contributed by atoms with Crippen LogP contribution in [0.4, 0.5) is 26.3 Å². The quantitative estimate of drug-likeness (QED) is 0.332. The molecular weight excluding hydrogens is 518 g/mol. The smallest absolute Gasteiger partial charge is 0.420 e. The second-order valence-corrected chi connectivity index (χ2v) is 9.06. The zero-order valence-corrected chi connectivity index (χ0v) is 18.4. The highest BCUT2D eigenvalue weighted by atomic mass is 32.2. The van der Waals surface area contributed by atoms with Gasteiger partial charge in [0.2, 0.25) is 9.84 Å². The molecule has 36 heavy (non-hydrogen) atoms. The maximum atomic E-state index is 13.7. The van der Waals surface area contributed by atoms with Crippen molar-refractivity contribution in [2.45, 2.75) is 22.1 Å². The lowest BCUT2D eigenvalue weighted by Crippen LogP contribution is -2.15. The molecule has 0 bridgehead atoms. The second kappa shape index (κ2) is 9.57. The molecule has 0 saturated heterocycles. The second-order valence-electron chi connectivity index (χ2n) is 7.14. The molecule has 0 saturated carbocycles. The molecule has 0 atom stereocenters. The van der Waals surface area contributed by atoms with Gasteiger partial charge in [0.1, 0.15) is 5.75 Å². The van der Waals surface area contributed by atoms with Gasteiger partial charge in [-0.05, 0) is 48.0 Å². The normalized spacial score (nSPS) is 12.6. The number of benzene rings is 3. The van der Waals surface area contributed by atoms with Crippen LogP contribution in [-0.2, 0) is 27.0 Å². The Morgan fingerprint density at radius 1 is 0.889 bits per heavy atom. The van der Waals surface area contributed by atoms with Crippen molar-refractivity contribution >= 4 is 21.9 Å². The van der Waals surface area contributed by atoms with Gasteiger partial charge in [0.05, 0.1) is 20.9 Å². The Labute approximate surface area is 199 Å². The number of aliphatic carboxylic acids is 1. The summed E-state index contributed by atoms with van der Waals surface area (Å²) < 4.78 is 113. The van der Waals surface area contributed by atoms with Gasteiger partial charge >= 0.3 is 18.3 Å². The molecule has 3 aromatic rings. The van der Waals surface area contributed by atoms with Crippen molar-refractivity contribution in [1.29, 1.82) is 0 Å². The molecule has 0 aliphatic rings. The number of hydrogen-bond donors (Lipinski definition) is 1. The van der Waals surface area contributed by atoms with Crippen molar-refractivity contribution < 1.29 is 54.5 Å². The molecule has 6 nitrogen and oxygen atoms in total. The van der Waals surface area contributed by atoms with Crippen LogP contribution in [0, 0.1) is 0 Å². The molecule has 0 heterocycles. The molecular formula is C23H13F6O6S-. The van der Waals surface area contributed by atoms with E-state index in [0.29, 0.717) is 24.3 Å². The molecule has 0 spiro atoms. The Hall–Kier alpha value is -4.00. The van der Waals surface area contributed by atoms with E-state index < -0.39 is 67.0 Å². The van der Waals surface area contributed by atoms with Gasteiger partial charge in [0.25, 0.3) is 0 Å². The fourth-order valence-corrected chi connectivity index (χ4v) is 4.43. The molecule has 0 fully saturated rings. The van der Waals surface area contributed by atoms with Crippen molar-refractivity contribution in [3.63, 3.8) is 0 Å². The Morgan fingerprint density at radius 2 is 1.44 bits per heavy atom. The lowest BCUT2D eigenvalue weighted by atomic mass is 10.0. The van der Waals surface area contributed by atoms with Gasteiger partial charge in [-0.2, -0.15) is 26.3 Å². The lowest BCUT2D eigenvalue weighted by Gasteiger charge is -2.21. The van der Waals surface area contributed by atoms with E-state index in [1.807, 2.05) is 0 Å². The van der Waals surface area contributed by atoms with Crippen molar-refractivity contribution in [3.05, 3.63) is 83.4 Å². The molecule has 3 rings (SSSR count). The summed E-state index contributed by atoms with van der Waals surface area (Å²) in [5.41, 5.74) is -4.53. The highest BCUT2D eigenvalue weighted by Gasteiger charge is 2.43. The Morgan fingerprint density at radius 3 is 1.94 bits per heavy atom. The first-order chi connectivity index (χ1) is 16.6. The van der Waals surface area contributed by atoms with Gasteiger partial charge in [-0.15, -0.1) is 0 Å². The number of carbonyl (C=O) groups is 1. The minimum Gasteiger partial charge on any atom is -0.872 e. The van der Waals surface area contributed by atoms with E-state index in [-0.39, 0.29) is 17.0 Å². The van der Waals surface area contributed by atoms with Crippen molar-refractivity contribution in [1.82, 2.24) is 0 Å². The van der Waals surface area contributed by atoms with Gasteiger partial charge in [-0.3, -0.25) is 0 Å². The van der Waals surface area contributed by atoms with E-state index in [2.05, 4.69) is 0 Å². The molecule has 0 aromatic heterocycles. The first-order valence-corrected chi connectivity index (χ1v) is 11.1. The third-order valence-electron chi connectivity index (χ3n) is 4.62. The number of sulfone groups is 1. The molecule has 0 amide bonds. The predicted molar refractivity (Wildman–Crippen MR) is 111 cm³/mol. The van der Waals surface area contributed by atoms with E-state index in [0.717, 1.165) is 18.2 Å². The topological polar surface area (TPSA) is 104 Å². The summed E-state index contributed by atoms with van der Waals surface area (Å²) in [5, 5.41) is 20.9. The number of alkyl halides is 6. The van der Waals surface area contributed by atoms with Gasteiger partial charge in [0, 0.05) is 6.08 Å². The molecule has 1 N–H and O–H groups in total. The number of carboxylic acid groups (broad SMARTS) is 1. The summed E-state index contributed by atoms with van der Waals surface area (Å²) in [7, 11) is -4.49. The first-order valence-electron chi connectivity index (χ1n) is 9.63. The van der Waals surface area contributed by atoms with Crippen molar-refractivity contribution in [2.24, 2.45) is 0 Å². The lowest BCUT2D eigenvalue weighted by molar-refractivity contribution is -0.272. The van der Waals surface area contributed by atoms with Crippen molar-refractivity contribution in [3.8, 4) is 17.2 Å². The standard InChI is InChI=1S/C23H14F6O6S/c24-22(25,26)16-10-13(6-9-20(31)32)11-17(23(27,28)29)21(16)35-14-7-8-18(30)19(12-14)36(33,34)15-4-2-1-3-5-15/h1-12,30H,(H,31,32)/p-1/b9-6+. The number of halogens is 6. The zero-order valence-electron chi connectivity index (χ0n) is 17.6. The van der Waals surface area contributed by atoms with Crippen LogP contribution in [-0.4, -0.2) is 19.5 Å². The number of hydrogen-bond acceptors (Lipinski definition) is 5. The number of carboxylic acids is 1. The van der Waals surface area contributed by atoms with E-state index in [1.165, 1.54) is 18.2 Å². The van der Waals surface area contributed by atoms with Gasteiger partial charge in [0.15, 0.2) is 5.75 Å². The van der Waals surface area contributed by atoms with Crippen LogP contribution in [0.5, 0.6) is 17.2 Å². The average molecular weight is 531 g/mol. The fourth-order valence-electron chi connectivity index (χ4n) is 3.05. The van der Waals surface area contributed by atoms with Crippen LogP contribution in [0.1, 0.15) is 16.7 Å². The molecule has 0 aliphatic heterocycles. The summed E-state index contributed by atoms with van der Waals surface area (Å²) in [6.45, 7) is 0. The maximum absolute atomic E-state index is 13.7. The predicted octanol–water partition coefficient (Wildman–Crippen LogP) is 5.52. The number of ether oxygens (including phenoxy) is 1. The summed E-state index contributed by atoms with van der Waals surface area (Å²) >= 11 is 0. The summed E-state index contributed by atoms with van der Waals surface area (Å²) in [4.78, 5) is 9.40. The first kappa shape index (κ1) is 26.6. The highest BCUT2D eigenvalue weighted by molar-refractivity contribution is 7.91. The minimum atomic E-state index is -5.39. The van der Waals surface area contributed by atoms with E-state index in [4.69, 9.17) is 9.84 Å². The third-order valence-corrected chi connectivity index (χ3v) is 6.41. The molecule has 0 unspecified atom stereocenters. The SMILES string of the molecule is O=C(O)/C=C/c1cc(C(F)(F)F)c(Oc2ccc([O-])c(S(=O)(=O)c3ccccc3)c2)c(C(F)(F)F)c1. The zero-order chi connectivity index (χ0) is 26.9. The molecule has 0 aliphatic carbocycles. The number of rotatable bonds is 6. The van der Waals surface area contributed by atoms with E-state index in [9.17, 15) is 44.7 Å². The van der Waals surface area contributed by atoms with Crippen molar-refractivity contribution in [2.75, 3.05) is 0 Å². The minimum absolute atomic E-state index is 0.244. The largest absolute Gasteiger partial charge is 0.872 e. The Bertz CT molecular complexity index is 1390. The Kier molecular flexibility index (Phi) is 7.07. The maximum Gasteiger partial charge on any atom is 0.420 e. The monoisotopic (exact) mass is 531 g/mol. The highest BCUT2D eigenvalue weighted by Crippen LogP contribution is 2.47. The fraction of sp³-hybridized carbons (Fsp3) is 0.0870. The average Bonchev–Trinajstić information content (AvgIpc) is 2.78. The van der Waals surface area contributed by atoms with Gasteiger partial charge in [-0.1, -0.05) is 30.0 Å². The van der Waals surface area contributed by atoms with Gasteiger partial charge in [-0.25, -0.2) is 13.2 Å². The molecule has 3 aromatic carbocycles. The molecule has 0 radical (unpaired) electrons. The van der Waals surface area contributed by atoms with E-state index >= 15 is 0 Å². The van der Waals surface area contributed by atoms with E-state index in [1.54, 1.807) is 0 Å². The summed E-state index contributed by atoms with van der Waals surface area (Å²) in [6.07, 6.45) is -9.89. The Balaban J connectivity index is 2.21. The van der Waals surface area contributed by atoms with Crippen LogP contribution in [0.3, 0.4) is 0 Å².